The van der Waals surface area contributed by atoms with Crippen molar-refractivity contribution in [3.05, 3.63) is 53.1 Å². The number of ether oxygens (including phenoxy) is 2. The quantitative estimate of drug-likeness (QED) is 0.851. The first-order chi connectivity index (χ1) is 13.1. The van der Waals surface area contributed by atoms with Gasteiger partial charge in [-0.15, -0.1) is 0 Å². The van der Waals surface area contributed by atoms with Gasteiger partial charge in [-0.1, -0.05) is 19.1 Å². The zero-order chi connectivity index (χ0) is 19.4. The van der Waals surface area contributed by atoms with Gasteiger partial charge in [-0.3, -0.25) is 9.59 Å². The van der Waals surface area contributed by atoms with Crippen LogP contribution in [0, 0.1) is 0 Å². The Morgan fingerprint density at radius 2 is 1.85 bits per heavy atom. The van der Waals surface area contributed by atoms with E-state index in [0.717, 1.165) is 29.8 Å². The second-order valence-electron chi connectivity index (χ2n) is 6.36. The second kappa shape index (κ2) is 8.12. The highest BCUT2D eigenvalue weighted by molar-refractivity contribution is 5.96. The first-order valence-corrected chi connectivity index (χ1v) is 8.99. The van der Waals surface area contributed by atoms with Gasteiger partial charge >= 0.3 is 0 Å². The molecular formula is C21H24N2O4. The molecule has 2 aromatic carbocycles. The van der Waals surface area contributed by atoms with Crippen LogP contribution in [0.2, 0.25) is 0 Å². The number of rotatable bonds is 6. The van der Waals surface area contributed by atoms with E-state index in [9.17, 15) is 9.59 Å². The number of nitrogens with zero attached hydrogens (tertiary/aromatic N) is 1. The van der Waals surface area contributed by atoms with Crippen LogP contribution in [0.15, 0.2) is 36.4 Å². The van der Waals surface area contributed by atoms with Gasteiger partial charge in [-0.2, -0.15) is 0 Å². The molecule has 2 amide bonds. The van der Waals surface area contributed by atoms with Crippen molar-refractivity contribution in [1.29, 1.82) is 0 Å². The number of methoxy groups -OCH3 is 2. The number of carbonyl (C=O) groups excluding carboxylic acids is 2. The molecule has 27 heavy (non-hydrogen) atoms. The summed E-state index contributed by atoms with van der Waals surface area (Å²) in [4.78, 5) is 26.3. The van der Waals surface area contributed by atoms with Gasteiger partial charge < -0.3 is 19.7 Å². The monoisotopic (exact) mass is 368 g/mol. The first kappa shape index (κ1) is 18.8. The van der Waals surface area contributed by atoms with Crippen LogP contribution in [-0.4, -0.2) is 32.6 Å². The molecule has 0 bridgehead atoms. The van der Waals surface area contributed by atoms with E-state index in [4.69, 9.17) is 9.47 Å². The lowest BCUT2D eigenvalue weighted by Crippen LogP contribution is -2.27. The molecule has 1 aliphatic rings. The average molecular weight is 368 g/mol. The Bertz CT molecular complexity index is 863. The van der Waals surface area contributed by atoms with E-state index < -0.39 is 0 Å². The molecule has 0 radical (unpaired) electrons. The molecule has 0 aliphatic carbocycles. The third kappa shape index (κ3) is 3.89. The standard InChI is InChI=1S/C21H24N2O4/c1-4-20(24)23-10-9-15-11-14(5-7-17(15)23)13-22-21(25)16-6-8-18(26-2)19(12-16)27-3/h5-8,11-12H,4,9-10,13H2,1-3H3,(H,22,25). The Morgan fingerprint density at radius 3 is 2.56 bits per heavy atom. The molecule has 1 heterocycles. The van der Waals surface area contributed by atoms with E-state index in [-0.39, 0.29) is 11.8 Å². The van der Waals surface area contributed by atoms with Crippen molar-refractivity contribution in [2.45, 2.75) is 26.3 Å². The number of carbonyl (C=O) groups is 2. The summed E-state index contributed by atoms with van der Waals surface area (Å²) in [5, 5.41) is 2.92. The maximum atomic E-state index is 12.4. The van der Waals surface area contributed by atoms with Gasteiger partial charge in [0.15, 0.2) is 11.5 Å². The van der Waals surface area contributed by atoms with E-state index in [0.29, 0.717) is 30.0 Å². The number of amides is 2. The van der Waals surface area contributed by atoms with Crippen molar-refractivity contribution in [3.63, 3.8) is 0 Å². The third-order valence-electron chi connectivity index (χ3n) is 4.74. The van der Waals surface area contributed by atoms with Gasteiger partial charge in [-0.25, -0.2) is 0 Å². The number of hydrogen-bond donors (Lipinski definition) is 1. The van der Waals surface area contributed by atoms with E-state index >= 15 is 0 Å². The average Bonchev–Trinajstić information content (AvgIpc) is 3.14. The molecule has 0 aromatic heterocycles. The van der Waals surface area contributed by atoms with Gasteiger partial charge in [-0.05, 0) is 41.8 Å². The van der Waals surface area contributed by atoms with Crippen LogP contribution in [-0.2, 0) is 17.8 Å². The van der Waals surface area contributed by atoms with E-state index in [2.05, 4.69) is 11.4 Å². The fraction of sp³-hybridized carbons (Fsp3) is 0.333. The summed E-state index contributed by atoms with van der Waals surface area (Å²) in [6.45, 7) is 3.02. The van der Waals surface area contributed by atoms with Crippen molar-refractivity contribution in [2.75, 3.05) is 25.7 Å². The lowest BCUT2D eigenvalue weighted by molar-refractivity contribution is -0.118. The Balaban J connectivity index is 1.67. The Kier molecular flexibility index (Phi) is 5.64. The smallest absolute Gasteiger partial charge is 0.251 e. The topological polar surface area (TPSA) is 67.9 Å². The molecule has 1 aliphatic heterocycles. The molecule has 0 unspecified atom stereocenters. The molecular weight excluding hydrogens is 344 g/mol. The zero-order valence-corrected chi connectivity index (χ0v) is 15.9. The van der Waals surface area contributed by atoms with Crippen LogP contribution in [0.25, 0.3) is 0 Å². The highest BCUT2D eigenvalue weighted by Crippen LogP contribution is 2.30. The van der Waals surface area contributed by atoms with E-state index in [1.165, 1.54) is 7.11 Å². The first-order valence-electron chi connectivity index (χ1n) is 8.99. The number of hydrogen-bond acceptors (Lipinski definition) is 4. The summed E-state index contributed by atoms with van der Waals surface area (Å²) < 4.78 is 10.4. The largest absolute Gasteiger partial charge is 0.493 e. The maximum absolute atomic E-state index is 12.4. The SMILES string of the molecule is CCC(=O)N1CCc2cc(CNC(=O)c3ccc(OC)c(OC)c3)ccc21. The minimum Gasteiger partial charge on any atom is -0.493 e. The predicted octanol–water partition coefficient (Wildman–Crippen LogP) is 2.93. The molecule has 0 spiro atoms. The molecule has 6 nitrogen and oxygen atoms in total. The van der Waals surface area contributed by atoms with Gasteiger partial charge in [0.2, 0.25) is 5.91 Å². The minimum atomic E-state index is -0.181. The summed E-state index contributed by atoms with van der Waals surface area (Å²) in [5.74, 6) is 1.06. The molecule has 0 saturated heterocycles. The Hall–Kier alpha value is -3.02. The highest BCUT2D eigenvalue weighted by atomic mass is 16.5. The van der Waals surface area contributed by atoms with Gasteiger partial charge in [0.25, 0.3) is 5.91 Å². The van der Waals surface area contributed by atoms with Crippen molar-refractivity contribution >= 4 is 17.5 Å². The van der Waals surface area contributed by atoms with Crippen LogP contribution in [0.1, 0.15) is 34.8 Å². The number of anilines is 1. The summed E-state index contributed by atoms with van der Waals surface area (Å²) in [6.07, 6.45) is 1.35. The highest BCUT2D eigenvalue weighted by Gasteiger charge is 2.23. The van der Waals surface area contributed by atoms with Gasteiger partial charge in [0.1, 0.15) is 0 Å². The van der Waals surface area contributed by atoms with Gasteiger partial charge in [0, 0.05) is 30.8 Å². The fourth-order valence-electron chi connectivity index (χ4n) is 3.28. The maximum Gasteiger partial charge on any atom is 0.251 e. The number of fused-ring (bicyclic) bond motifs is 1. The van der Waals surface area contributed by atoms with Crippen LogP contribution in [0.4, 0.5) is 5.69 Å². The molecule has 3 rings (SSSR count). The van der Waals surface area contributed by atoms with E-state index in [1.807, 2.05) is 24.0 Å². The normalized spacial score (nSPS) is 12.5. The Labute approximate surface area is 159 Å². The summed E-state index contributed by atoms with van der Waals surface area (Å²) in [6, 6.07) is 11.1. The van der Waals surface area contributed by atoms with Crippen LogP contribution in [0.3, 0.4) is 0 Å². The van der Waals surface area contributed by atoms with Crippen molar-refractivity contribution in [3.8, 4) is 11.5 Å². The van der Waals surface area contributed by atoms with Crippen LogP contribution < -0.4 is 19.7 Å². The van der Waals surface area contributed by atoms with Crippen molar-refractivity contribution < 1.29 is 19.1 Å². The number of benzene rings is 2. The van der Waals surface area contributed by atoms with Crippen LogP contribution >= 0.6 is 0 Å². The summed E-state index contributed by atoms with van der Waals surface area (Å²) in [5.41, 5.74) is 3.65. The minimum absolute atomic E-state index is 0.142. The number of nitrogens with one attached hydrogen (secondary N) is 1. The van der Waals surface area contributed by atoms with Crippen molar-refractivity contribution in [2.24, 2.45) is 0 Å². The molecule has 1 N–H and O–H groups in total. The van der Waals surface area contributed by atoms with Gasteiger partial charge in [0.05, 0.1) is 14.2 Å². The Morgan fingerprint density at radius 1 is 1.07 bits per heavy atom. The summed E-state index contributed by atoms with van der Waals surface area (Å²) >= 11 is 0. The predicted molar refractivity (Wildman–Crippen MR) is 104 cm³/mol. The molecule has 2 aromatic rings. The fourth-order valence-corrected chi connectivity index (χ4v) is 3.28. The third-order valence-corrected chi connectivity index (χ3v) is 4.74. The summed E-state index contributed by atoms with van der Waals surface area (Å²) in [7, 11) is 3.09. The molecule has 0 saturated carbocycles. The molecule has 142 valence electrons. The lowest BCUT2D eigenvalue weighted by Gasteiger charge is -2.16. The molecule has 6 heteroatoms. The van der Waals surface area contributed by atoms with E-state index in [1.54, 1.807) is 25.3 Å². The van der Waals surface area contributed by atoms with Crippen LogP contribution in [0.5, 0.6) is 11.5 Å². The molecule has 0 atom stereocenters. The lowest BCUT2D eigenvalue weighted by atomic mass is 10.1. The zero-order valence-electron chi connectivity index (χ0n) is 15.9. The van der Waals surface area contributed by atoms with Crippen molar-refractivity contribution in [1.82, 2.24) is 5.32 Å². The molecule has 0 fully saturated rings. The second-order valence-corrected chi connectivity index (χ2v) is 6.36.